The third kappa shape index (κ3) is 2.44. The summed E-state index contributed by atoms with van der Waals surface area (Å²) >= 11 is 0. The van der Waals surface area contributed by atoms with Gasteiger partial charge in [0, 0.05) is 30.9 Å². The second-order valence-corrected chi connectivity index (χ2v) is 4.49. The van der Waals surface area contributed by atoms with Crippen LogP contribution in [0.4, 0.5) is 5.82 Å². The Bertz CT molecular complexity index is 552. The van der Waals surface area contributed by atoms with Crippen molar-refractivity contribution in [2.24, 2.45) is 0 Å². The number of anilines is 1. The molecular weight excluding hydrogens is 242 g/mol. The van der Waals surface area contributed by atoms with Gasteiger partial charge in [-0.1, -0.05) is 6.92 Å². The van der Waals surface area contributed by atoms with E-state index in [1.807, 2.05) is 0 Å². The predicted molar refractivity (Wildman–Crippen MR) is 71.8 cm³/mol. The lowest BCUT2D eigenvalue weighted by Crippen LogP contribution is -2.17. The van der Waals surface area contributed by atoms with Crippen molar-refractivity contribution in [2.45, 2.75) is 26.4 Å². The van der Waals surface area contributed by atoms with Gasteiger partial charge in [-0.05, 0) is 6.42 Å². The van der Waals surface area contributed by atoms with Crippen molar-refractivity contribution in [2.75, 3.05) is 18.5 Å². The molecule has 0 saturated heterocycles. The summed E-state index contributed by atoms with van der Waals surface area (Å²) in [5.74, 6) is 2.22. The van der Waals surface area contributed by atoms with Crippen LogP contribution in [0.3, 0.4) is 0 Å². The number of nitrogens with zero attached hydrogens (tertiary/aromatic N) is 3. The van der Waals surface area contributed by atoms with Gasteiger partial charge in [-0.15, -0.1) is 0 Å². The van der Waals surface area contributed by atoms with Gasteiger partial charge in [0.1, 0.15) is 5.82 Å². The van der Waals surface area contributed by atoms with Crippen LogP contribution in [0, 0.1) is 0 Å². The summed E-state index contributed by atoms with van der Waals surface area (Å²) in [6, 6.07) is 0. The minimum atomic E-state index is 0.583. The Kier molecular flexibility index (Phi) is 3.41. The molecule has 0 radical (unpaired) electrons. The number of fused-ring (bicyclic) bond motifs is 1. The lowest BCUT2D eigenvalue weighted by molar-refractivity contribution is 0.109. The predicted octanol–water partition coefficient (Wildman–Crippen LogP) is 1.76. The molecule has 19 heavy (non-hydrogen) atoms. The molecule has 1 aliphatic rings. The molecule has 1 aliphatic heterocycles. The van der Waals surface area contributed by atoms with E-state index in [0.29, 0.717) is 18.3 Å². The normalized spacial score (nSPS) is 14.2. The van der Waals surface area contributed by atoms with Crippen LogP contribution in [0.2, 0.25) is 0 Å². The van der Waals surface area contributed by atoms with Crippen molar-refractivity contribution < 1.29 is 4.74 Å². The molecule has 0 unspecified atom stereocenters. The number of aromatic nitrogens is 4. The smallest absolute Gasteiger partial charge is 0.197 e. The van der Waals surface area contributed by atoms with Gasteiger partial charge >= 0.3 is 0 Å². The number of nitrogens with one attached hydrogen (secondary N) is 2. The summed E-state index contributed by atoms with van der Waals surface area (Å²) < 4.78 is 5.50. The summed E-state index contributed by atoms with van der Waals surface area (Å²) in [6.07, 6.45) is 5.36. The van der Waals surface area contributed by atoms with Crippen LogP contribution >= 0.6 is 0 Å². The van der Waals surface area contributed by atoms with Gasteiger partial charge in [-0.3, -0.25) is 0 Å². The van der Waals surface area contributed by atoms with E-state index in [9.17, 15) is 0 Å². The number of rotatable bonds is 4. The first kappa shape index (κ1) is 12.1. The highest BCUT2D eigenvalue weighted by molar-refractivity contribution is 5.54. The molecule has 0 bridgehead atoms. The first-order chi connectivity index (χ1) is 9.38. The average Bonchev–Trinajstić information content (AvgIpc) is 2.98. The van der Waals surface area contributed by atoms with Crippen LogP contribution in [0.25, 0.3) is 11.6 Å². The fourth-order valence-corrected chi connectivity index (χ4v) is 2.11. The van der Waals surface area contributed by atoms with Crippen LogP contribution in [0.1, 0.15) is 24.6 Å². The largest absolute Gasteiger partial charge is 0.376 e. The average molecular weight is 259 g/mol. The molecule has 3 rings (SSSR count). The van der Waals surface area contributed by atoms with Gasteiger partial charge in [0.15, 0.2) is 11.6 Å². The number of hydrogen-bond donors (Lipinski definition) is 2. The molecule has 2 aromatic rings. The van der Waals surface area contributed by atoms with E-state index in [4.69, 9.17) is 4.74 Å². The summed E-state index contributed by atoms with van der Waals surface area (Å²) in [6.45, 7) is 4.32. The number of H-pyrrole nitrogens is 1. The second kappa shape index (κ2) is 5.36. The zero-order chi connectivity index (χ0) is 13.1. The van der Waals surface area contributed by atoms with Crippen molar-refractivity contribution >= 4 is 5.82 Å². The van der Waals surface area contributed by atoms with Crippen molar-refractivity contribution in [1.82, 2.24) is 19.9 Å². The molecule has 3 heterocycles. The summed E-state index contributed by atoms with van der Waals surface area (Å²) in [5.41, 5.74) is 2.14. The van der Waals surface area contributed by atoms with Gasteiger partial charge in [0.2, 0.25) is 0 Å². The minimum Gasteiger partial charge on any atom is -0.376 e. The van der Waals surface area contributed by atoms with Crippen LogP contribution in [-0.2, 0) is 17.8 Å². The van der Waals surface area contributed by atoms with Crippen LogP contribution in [-0.4, -0.2) is 33.1 Å². The number of ether oxygens (including phenoxy) is 1. The van der Waals surface area contributed by atoms with Crippen LogP contribution in [0.5, 0.6) is 0 Å². The van der Waals surface area contributed by atoms with Gasteiger partial charge in [-0.2, -0.15) is 0 Å². The highest BCUT2D eigenvalue weighted by atomic mass is 16.5. The molecular formula is C13H17N5O. The van der Waals surface area contributed by atoms with E-state index >= 15 is 0 Å². The second-order valence-electron chi connectivity index (χ2n) is 4.49. The third-order valence-corrected chi connectivity index (χ3v) is 3.07. The Labute approximate surface area is 111 Å². The monoisotopic (exact) mass is 259 g/mol. The maximum Gasteiger partial charge on any atom is 0.197 e. The zero-order valence-electron chi connectivity index (χ0n) is 10.9. The quantitative estimate of drug-likeness (QED) is 0.875. The molecule has 0 spiro atoms. The molecule has 6 heteroatoms. The Morgan fingerprint density at radius 1 is 1.42 bits per heavy atom. The van der Waals surface area contributed by atoms with Gasteiger partial charge in [0.25, 0.3) is 0 Å². The molecule has 0 atom stereocenters. The first-order valence-electron chi connectivity index (χ1n) is 6.59. The molecule has 0 aromatic carbocycles. The summed E-state index contributed by atoms with van der Waals surface area (Å²) in [4.78, 5) is 16.4. The van der Waals surface area contributed by atoms with Gasteiger partial charge < -0.3 is 15.0 Å². The summed E-state index contributed by atoms with van der Waals surface area (Å²) in [5, 5.41) is 3.35. The van der Waals surface area contributed by atoms with E-state index in [-0.39, 0.29) is 0 Å². The Morgan fingerprint density at radius 2 is 2.37 bits per heavy atom. The van der Waals surface area contributed by atoms with E-state index in [1.54, 1.807) is 12.4 Å². The van der Waals surface area contributed by atoms with E-state index in [1.165, 1.54) is 0 Å². The van der Waals surface area contributed by atoms with E-state index < -0.39 is 0 Å². The molecule has 2 N–H and O–H groups in total. The first-order valence-corrected chi connectivity index (χ1v) is 6.59. The standard InChI is InChI=1S/C13H17N5O/c1-2-4-14-11-9-8-19-7-3-10(9)17-13(18-11)12-15-5-6-16-12/h5-6H,2-4,7-8H2,1H3,(H,15,16)(H,14,17,18). The van der Waals surface area contributed by atoms with E-state index in [0.717, 1.165) is 43.1 Å². The molecule has 2 aromatic heterocycles. The number of imidazole rings is 1. The zero-order valence-corrected chi connectivity index (χ0v) is 10.9. The van der Waals surface area contributed by atoms with Crippen LogP contribution in [0.15, 0.2) is 12.4 Å². The molecule has 0 aliphatic carbocycles. The van der Waals surface area contributed by atoms with E-state index in [2.05, 4.69) is 32.2 Å². The maximum absolute atomic E-state index is 5.50. The molecule has 0 amide bonds. The highest BCUT2D eigenvalue weighted by Crippen LogP contribution is 2.24. The van der Waals surface area contributed by atoms with Gasteiger partial charge in [-0.25, -0.2) is 15.0 Å². The lowest BCUT2D eigenvalue weighted by Gasteiger charge is -2.19. The maximum atomic E-state index is 5.50. The Hall–Kier alpha value is -1.95. The van der Waals surface area contributed by atoms with Crippen molar-refractivity contribution in [3.05, 3.63) is 23.7 Å². The van der Waals surface area contributed by atoms with Crippen molar-refractivity contribution in [1.29, 1.82) is 0 Å². The fourth-order valence-electron chi connectivity index (χ4n) is 2.11. The van der Waals surface area contributed by atoms with Gasteiger partial charge in [0.05, 0.1) is 18.9 Å². The minimum absolute atomic E-state index is 0.583. The highest BCUT2D eigenvalue weighted by Gasteiger charge is 2.19. The van der Waals surface area contributed by atoms with Crippen molar-refractivity contribution in [3.63, 3.8) is 0 Å². The molecule has 6 nitrogen and oxygen atoms in total. The molecule has 0 fully saturated rings. The molecule has 0 saturated carbocycles. The SMILES string of the molecule is CCCNc1nc(-c2ncc[nH]2)nc2c1COCC2. The fraction of sp³-hybridized carbons (Fsp3) is 0.462. The Morgan fingerprint density at radius 3 is 3.16 bits per heavy atom. The number of hydrogen-bond acceptors (Lipinski definition) is 5. The topological polar surface area (TPSA) is 75.7 Å². The Balaban J connectivity index is 2.02. The van der Waals surface area contributed by atoms with Crippen molar-refractivity contribution in [3.8, 4) is 11.6 Å². The number of aromatic amines is 1. The lowest BCUT2D eigenvalue weighted by atomic mass is 10.1. The van der Waals surface area contributed by atoms with Crippen LogP contribution < -0.4 is 5.32 Å². The third-order valence-electron chi connectivity index (χ3n) is 3.07. The summed E-state index contributed by atoms with van der Waals surface area (Å²) in [7, 11) is 0. The molecule has 100 valence electrons.